The lowest BCUT2D eigenvalue weighted by molar-refractivity contribution is -0.131. The number of H-pyrrole nitrogens is 1. The Balaban J connectivity index is 1.97. The van der Waals surface area contributed by atoms with Gasteiger partial charge in [0.1, 0.15) is 11.6 Å². The number of aromatic amines is 1. The molecule has 0 fully saturated rings. The molecule has 0 aliphatic carbocycles. The Bertz CT molecular complexity index is 753. The molecule has 5 heteroatoms. The van der Waals surface area contributed by atoms with Gasteiger partial charge in [-0.25, -0.2) is 4.98 Å². The van der Waals surface area contributed by atoms with Crippen LogP contribution in [0.15, 0.2) is 48.5 Å². The minimum absolute atomic E-state index is 0.0519. The summed E-state index contributed by atoms with van der Waals surface area (Å²) in [7, 11) is 0. The molecule has 4 nitrogen and oxygen atoms in total. The first-order valence-electron chi connectivity index (χ1n) is 6.13. The van der Waals surface area contributed by atoms with Gasteiger partial charge in [-0.1, -0.05) is 30.3 Å². The summed E-state index contributed by atoms with van der Waals surface area (Å²) in [5, 5.41) is 0. The van der Waals surface area contributed by atoms with Gasteiger partial charge in [-0.2, -0.15) is 12.6 Å². The highest BCUT2D eigenvalue weighted by molar-refractivity contribution is 7.81. The summed E-state index contributed by atoms with van der Waals surface area (Å²) in [6, 6.07) is 15.2. The Hall–Kier alpha value is -2.27. The van der Waals surface area contributed by atoms with Crippen LogP contribution in [0.25, 0.3) is 22.4 Å². The maximum absolute atomic E-state index is 11.2. The Labute approximate surface area is 121 Å². The molecule has 1 N–H and O–H groups in total. The van der Waals surface area contributed by atoms with Gasteiger partial charge in [0.05, 0.1) is 16.8 Å². The summed E-state index contributed by atoms with van der Waals surface area (Å²) in [5.74, 6) is 0.949. The average Bonchev–Trinajstić information content (AvgIpc) is 2.91. The lowest BCUT2D eigenvalue weighted by Gasteiger charge is -2.01. The Morgan fingerprint density at radius 2 is 2.00 bits per heavy atom. The van der Waals surface area contributed by atoms with E-state index in [0.29, 0.717) is 5.75 Å². The van der Waals surface area contributed by atoms with Gasteiger partial charge in [0.25, 0.3) is 0 Å². The first kappa shape index (κ1) is 12.7. The van der Waals surface area contributed by atoms with Crippen molar-refractivity contribution in [2.45, 2.75) is 0 Å². The number of rotatable bonds is 3. The van der Waals surface area contributed by atoms with E-state index in [9.17, 15) is 4.79 Å². The number of aromatic nitrogens is 2. The molecule has 3 rings (SSSR count). The average molecular weight is 284 g/mol. The lowest BCUT2D eigenvalue weighted by atomic mass is 10.2. The highest BCUT2D eigenvalue weighted by Gasteiger charge is 2.07. The number of nitrogens with zero attached hydrogens (tertiary/aromatic N) is 1. The molecule has 0 saturated heterocycles. The maximum atomic E-state index is 11.2. The van der Waals surface area contributed by atoms with E-state index in [-0.39, 0.29) is 11.7 Å². The van der Waals surface area contributed by atoms with E-state index in [1.807, 2.05) is 36.4 Å². The van der Waals surface area contributed by atoms with Gasteiger partial charge >= 0.3 is 5.97 Å². The van der Waals surface area contributed by atoms with Crippen molar-refractivity contribution in [1.29, 1.82) is 0 Å². The second kappa shape index (κ2) is 5.38. The lowest BCUT2D eigenvalue weighted by Crippen LogP contribution is -2.08. The van der Waals surface area contributed by atoms with Crippen LogP contribution < -0.4 is 4.74 Å². The molecule has 1 heterocycles. The molecule has 3 aromatic rings. The van der Waals surface area contributed by atoms with Crippen molar-refractivity contribution in [3.05, 3.63) is 48.5 Å². The van der Waals surface area contributed by atoms with Gasteiger partial charge in [-0.05, 0) is 12.1 Å². The van der Waals surface area contributed by atoms with Crippen LogP contribution in [0.4, 0.5) is 0 Å². The first-order valence-corrected chi connectivity index (χ1v) is 6.76. The van der Waals surface area contributed by atoms with Gasteiger partial charge in [0.15, 0.2) is 0 Å². The van der Waals surface area contributed by atoms with Gasteiger partial charge in [-0.3, -0.25) is 4.79 Å². The molecule has 0 aliphatic rings. The number of fused-ring (bicyclic) bond motifs is 1. The van der Waals surface area contributed by atoms with Crippen LogP contribution in [0.1, 0.15) is 0 Å². The van der Waals surface area contributed by atoms with Crippen molar-refractivity contribution in [3.8, 4) is 17.1 Å². The highest BCUT2D eigenvalue weighted by Crippen LogP contribution is 2.23. The molecule has 0 atom stereocenters. The van der Waals surface area contributed by atoms with Crippen LogP contribution >= 0.6 is 12.6 Å². The molecule has 0 bridgehead atoms. The summed E-state index contributed by atoms with van der Waals surface area (Å²) in [6.45, 7) is 0. The van der Waals surface area contributed by atoms with E-state index in [1.165, 1.54) is 0 Å². The van der Waals surface area contributed by atoms with Crippen LogP contribution in [0.2, 0.25) is 0 Å². The highest BCUT2D eigenvalue weighted by atomic mass is 32.1. The quantitative estimate of drug-likeness (QED) is 0.441. The summed E-state index contributed by atoms with van der Waals surface area (Å²) in [4.78, 5) is 19.0. The second-order valence-corrected chi connectivity index (χ2v) is 4.58. The number of imidazole rings is 1. The number of nitrogens with one attached hydrogen (secondary N) is 1. The monoisotopic (exact) mass is 284 g/mol. The van der Waals surface area contributed by atoms with E-state index in [2.05, 4.69) is 22.6 Å². The van der Waals surface area contributed by atoms with E-state index in [1.54, 1.807) is 12.1 Å². The van der Waals surface area contributed by atoms with Crippen LogP contribution in [-0.2, 0) is 4.79 Å². The minimum Gasteiger partial charge on any atom is -0.426 e. The molecule has 0 saturated carbocycles. The molecule has 20 heavy (non-hydrogen) atoms. The first-order chi connectivity index (χ1) is 9.76. The number of esters is 1. The van der Waals surface area contributed by atoms with Crippen LogP contribution in [0, 0.1) is 0 Å². The number of hydrogen-bond acceptors (Lipinski definition) is 4. The van der Waals surface area contributed by atoms with Crippen molar-refractivity contribution >= 4 is 29.6 Å². The van der Waals surface area contributed by atoms with Gasteiger partial charge in [0.2, 0.25) is 0 Å². The van der Waals surface area contributed by atoms with E-state index >= 15 is 0 Å². The predicted molar refractivity (Wildman–Crippen MR) is 81.0 cm³/mol. The fourth-order valence-corrected chi connectivity index (χ4v) is 2.01. The Morgan fingerprint density at radius 3 is 2.75 bits per heavy atom. The van der Waals surface area contributed by atoms with Crippen molar-refractivity contribution in [3.63, 3.8) is 0 Å². The fraction of sp³-hybridized carbons (Fsp3) is 0.0667. The molecule has 1 aromatic heterocycles. The van der Waals surface area contributed by atoms with Crippen LogP contribution in [0.3, 0.4) is 0 Å². The normalized spacial score (nSPS) is 10.7. The van der Waals surface area contributed by atoms with E-state index in [4.69, 9.17) is 4.74 Å². The molecule has 100 valence electrons. The van der Waals surface area contributed by atoms with Crippen molar-refractivity contribution in [2.75, 3.05) is 5.75 Å². The number of hydrogen-bond donors (Lipinski definition) is 2. The Morgan fingerprint density at radius 1 is 1.20 bits per heavy atom. The molecule has 0 radical (unpaired) electrons. The van der Waals surface area contributed by atoms with Gasteiger partial charge in [0, 0.05) is 11.6 Å². The number of benzene rings is 2. The van der Waals surface area contributed by atoms with Crippen LogP contribution in [0.5, 0.6) is 5.75 Å². The van der Waals surface area contributed by atoms with Gasteiger partial charge < -0.3 is 9.72 Å². The third-order valence-corrected chi connectivity index (χ3v) is 3.12. The van der Waals surface area contributed by atoms with E-state index in [0.717, 1.165) is 22.4 Å². The number of thiol groups is 1. The predicted octanol–water partition coefficient (Wildman–Crippen LogP) is 3.07. The number of carbonyl (C=O) groups excluding carboxylic acids is 1. The van der Waals surface area contributed by atoms with E-state index < -0.39 is 0 Å². The SMILES string of the molecule is O=C(CS)Oc1ccc2nc(-c3ccccc3)[nH]c2c1. The molecule has 0 amide bonds. The largest absolute Gasteiger partial charge is 0.426 e. The molecule has 0 unspecified atom stereocenters. The van der Waals surface area contributed by atoms with Crippen LogP contribution in [-0.4, -0.2) is 21.7 Å². The minimum atomic E-state index is -0.379. The summed E-state index contributed by atoms with van der Waals surface area (Å²) in [5.41, 5.74) is 2.67. The Kier molecular flexibility index (Phi) is 3.43. The fourth-order valence-electron chi connectivity index (χ4n) is 1.95. The zero-order valence-corrected chi connectivity index (χ0v) is 11.4. The van der Waals surface area contributed by atoms with Gasteiger partial charge in [-0.15, -0.1) is 0 Å². The summed E-state index contributed by atoms with van der Waals surface area (Å²) < 4.78 is 5.12. The molecule has 2 aromatic carbocycles. The maximum Gasteiger partial charge on any atom is 0.321 e. The second-order valence-electron chi connectivity index (χ2n) is 4.26. The third kappa shape index (κ3) is 2.53. The zero-order chi connectivity index (χ0) is 13.9. The smallest absolute Gasteiger partial charge is 0.321 e. The third-order valence-electron chi connectivity index (χ3n) is 2.86. The number of ether oxygens (including phenoxy) is 1. The number of carbonyl (C=O) groups is 1. The standard InChI is InChI=1S/C15H12N2O2S/c18-14(9-20)19-11-6-7-12-13(8-11)17-15(16-12)10-4-2-1-3-5-10/h1-8,20H,9H2,(H,16,17). The molecule has 0 aliphatic heterocycles. The topological polar surface area (TPSA) is 55.0 Å². The van der Waals surface area contributed by atoms with Crippen molar-refractivity contribution < 1.29 is 9.53 Å². The summed E-state index contributed by atoms with van der Waals surface area (Å²) >= 11 is 3.88. The zero-order valence-electron chi connectivity index (χ0n) is 10.5. The van der Waals surface area contributed by atoms with Crippen molar-refractivity contribution in [2.24, 2.45) is 0 Å². The molecular weight excluding hydrogens is 272 g/mol. The van der Waals surface area contributed by atoms with Crippen molar-refractivity contribution in [1.82, 2.24) is 9.97 Å². The molecule has 0 spiro atoms. The summed E-state index contributed by atoms with van der Waals surface area (Å²) in [6.07, 6.45) is 0. The molecular formula is C15H12N2O2S.